The second kappa shape index (κ2) is 19.4. The van der Waals surface area contributed by atoms with Gasteiger partial charge >= 0.3 is 6.09 Å². The Morgan fingerprint density at radius 2 is 1.16 bits per heavy atom. The van der Waals surface area contributed by atoms with Crippen LogP contribution in [0, 0.1) is 0 Å². The summed E-state index contributed by atoms with van der Waals surface area (Å²) in [4.78, 5) is 12.2. The number of hydrogen-bond donors (Lipinski definition) is 1. The van der Waals surface area contributed by atoms with Crippen molar-refractivity contribution >= 4 is 28.7 Å². The van der Waals surface area contributed by atoms with Gasteiger partial charge in [0.1, 0.15) is 6.61 Å². The van der Waals surface area contributed by atoms with Crippen LogP contribution in [-0.4, -0.2) is 76.5 Å². The average molecular weight is 640 g/mol. The zero-order valence-corrected chi connectivity index (χ0v) is 24.5. The molecule has 1 aliphatic carbocycles. The molecule has 1 amide bonds. The molecule has 3 rings (SSSR count). The third-order valence-corrected chi connectivity index (χ3v) is 7.13. The molecule has 0 spiro atoms. The lowest BCUT2D eigenvalue weighted by atomic mass is 9.98. The maximum Gasteiger partial charge on any atom is 0.407 e. The summed E-state index contributed by atoms with van der Waals surface area (Å²) in [6, 6.07) is 16.6. The maximum absolute atomic E-state index is 12.2. The van der Waals surface area contributed by atoms with Crippen LogP contribution >= 0.6 is 22.6 Å². The van der Waals surface area contributed by atoms with Crippen LogP contribution < -0.4 is 5.32 Å². The zero-order chi connectivity index (χ0) is 26.7. The topological polar surface area (TPSA) is 75.3 Å². The van der Waals surface area contributed by atoms with E-state index in [0.717, 1.165) is 13.0 Å². The minimum absolute atomic E-state index is 0.0696. The number of hydrogen-bond acceptors (Lipinski definition) is 6. The summed E-state index contributed by atoms with van der Waals surface area (Å²) in [7, 11) is 0. The van der Waals surface area contributed by atoms with Crippen molar-refractivity contribution in [2.75, 3.05) is 70.4 Å². The van der Waals surface area contributed by atoms with Gasteiger partial charge in [-0.15, -0.1) is 0 Å². The first-order chi connectivity index (χ1) is 18.8. The van der Waals surface area contributed by atoms with Crippen LogP contribution in [0.3, 0.4) is 0 Å². The lowest BCUT2D eigenvalue weighted by Crippen LogP contribution is -2.27. The highest BCUT2D eigenvalue weighted by Gasteiger charge is 2.28. The summed E-state index contributed by atoms with van der Waals surface area (Å²) in [5.74, 6) is 0.0696. The van der Waals surface area contributed by atoms with Crippen molar-refractivity contribution in [1.29, 1.82) is 0 Å². The van der Waals surface area contributed by atoms with Crippen LogP contribution in [-0.2, 0) is 23.7 Å². The summed E-state index contributed by atoms with van der Waals surface area (Å²) >= 11 is 2.42. The van der Waals surface area contributed by atoms with Gasteiger partial charge in [-0.3, -0.25) is 0 Å². The molecule has 7 nitrogen and oxygen atoms in total. The number of halogens is 1. The summed E-state index contributed by atoms with van der Waals surface area (Å²) in [6.45, 7) is 5.59. The van der Waals surface area contributed by atoms with Crippen molar-refractivity contribution in [2.24, 2.45) is 0 Å². The van der Waals surface area contributed by atoms with Gasteiger partial charge in [-0.1, -0.05) is 84.0 Å². The predicted molar refractivity (Wildman–Crippen MR) is 158 cm³/mol. The number of fused-ring (bicyclic) bond motifs is 3. The summed E-state index contributed by atoms with van der Waals surface area (Å²) in [6.07, 6.45) is 5.29. The maximum atomic E-state index is 12.2. The Morgan fingerprint density at radius 1 is 0.658 bits per heavy atom. The molecule has 0 unspecified atom stereocenters. The van der Waals surface area contributed by atoms with E-state index in [0.29, 0.717) is 65.8 Å². The first-order valence-corrected chi connectivity index (χ1v) is 15.3. The van der Waals surface area contributed by atoms with Crippen LogP contribution in [0.4, 0.5) is 4.79 Å². The van der Waals surface area contributed by atoms with E-state index in [-0.39, 0.29) is 5.92 Å². The molecule has 0 bridgehead atoms. The second-order valence-corrected chi connectivity index (χ2v) is 10.2. The second-order valence-electron chi connectivity index (χ2n) is 9.16. The lowest BCUT2D eigenvalue weighted by molar-refractivity contribution is -0.00231. The van der Waals surface area contributed by atoms with Crippen LogP contribution in [0.1, 0.15) is 49.1 Å². The molecular weight excluding hydrogens is 597 g/mol. The molecule has 2 aromatic carbocycles. The molecule has 0 atom stereocenters. The number of alkyl halides is 1. The molecule has 0 aromatic heterocycles. The van der Waals surface area contributed by atoms with Gasteiger partial charge in [0.2, 0.25) is 0 Å². The first-order valence-electron chi connectivity index (χ1n) is 13.8. The molecule has 0 saturated heterocycles. The van der Waals surface area contributed by atoms with Crippen molar-refractivity contribution < 1.29 is 28.5 Å². The summed E-state index contributed by atoms with van der Waals surface area (Å²) in [5, 5.41) is 2.81. The molecule has 210 valence electrons. The van der Waals surface area contributed by atoms with Crippen molar-refractivity contribution in [3.63, 3.8) is 0 Å². The number of carbonyl (C=O) groups is 1. The third-order valence-electron chi connectivity index (χ3n) is 6.37. The summed E-state index contributed by atoms with van der Waals surface area (Å²) < 4.78 is 28.9. The van der Waals surface area contributed by atoms with E-state index in [4.69, 9.17) is 23.7 Å². The number of rotatable bonds is 21. The fourth-order valence-electron chi connectivity index (χ4n) is 4.43. The van der Waals surface area contributed by atoms with Crippen molar-refractivity contribution in [3.05, 3.63) is 59.7 Å². The molecule has 1 aliphatic rings. The van der Waals surface area contributed by atoms with E-state index in [1.165, 1.54) is 45.9 Å². The van der Waals surface area contributed by atoms with Crippen LogP contribution in [0.5, 0.6) is 0 Å². The van der Waals surface area contributed by atoms with E-state index in [2.05, 4.69) is 52.2 Å². The van der Waals surface area contributed by atoms with Gasteiger partial charge in [0.05, 0.1) is 39.6 Å². The van der Waals surface area contributed by atoms with Crippen LogP contribution in [0.15, 0.2) is 48.5 Å². The number of carbonyl (C=O) groups excluding carboxylic acids is 1. The Labute approximate surface area is 241 Å². The number of benzene rings is 2. The number of alkyl carbamates (subject to hydrolysis) is 1. The van der Waals surface area contributed by atoms with Gasteiger partial charge in [0.25, 0.3) is 0 Å². The standard InChI is InChI=1S/C30H42INO6/c31-14-7-1-2-8-16-34-18-20-36-22-23-37-21-19-35-17-9-15-32-30(33)38-24-29-27-12-5-3-10-25(27)26-11-4-6-13-28(26)29/h3-6,10-13,29H,1-2,7-9,14-24H2,(H,32,33). The molecular formula is C30H42INO6. The molecule has 1 N–H and O–H groups in total. The largest absolute Gasteiger partial charge is 0.449 e. The monoisotopic (exact) mass is 639 g/mol. The minimum Gasteiger partial charge on any atom is -0.449 e. The smallest absolute Gasteiger partial charge is 0.407 e. The van der Waals surface area contributed by atoms with Gasteiger partial charge in [0.15, 0.2) is 0 Å². The fourth-order valence-corrected chi connectivity index (χ4v) is 4.97. The molecule has 0 radical (unpaired) electrons. The Morgan fingerprint density at radius 3 is 1.74 bits per heavy atom. The zero-order valence-electron chi connectivity index (χ0n) is 22.3. The minimum atomic E-state index is -0.396. The summed E-state index contributed by atoms with van der Waals surface area (Å²) in [5.41, 5.74) is 4.86. The van der Waals surface area contributed by atoms with E-state index >= 15 is 0 Å². The number of unbranched alkanes of at least 4 members (excludes halogenated alkanes) is 3. The normalized spacial score (nSPS) is 12.3. The SMILES string of the molecule is O=C(NCCCOCCOCCOCCOCCCCCCI)OCC1c2ccccc2-c2ccccc21. The van der Waals surface area contributed by atoms with Gasteiger partial charge in [0, 0.05) is 25.7 Å². The molecule has 8 heteroatoms. The molecule has 38 heavy (non-hydrogen) atoms. The van der Waals surface area contributed by atoms with E-state index in [9.17, 15) is 4.79 Å². The quantitative estimate of drug-likeness (QED) is 0.103. The molecule has 0 fully saturated rings. The average Bonchev–Trinajstić information content (AvgIpc) is 3.27. The number of amides is 1. The Bertz CT molecular complexity index is 882. The van der Waals surface area contributed by atoms with Crippen LogP contribution in [0.25, 0.3) is 11.1 Å². The van der Waals surface area contributed by atoms with Gasteiger partial charge in [-0.25, -0.2) is 4.79 Å². The molecule has 2 aromatic rings. The number of nitrogens with one attached hydrogen (secondary N) is 1. The molecule has 0 aliphatic heterocycles. The predicted octanol–water partition coefficient (Wildman–Crippen LogP) is 5.98. The lowest BCUT2D eigenvalue weighted by Gasteiger charge is -2.14. The Hall–Kier alpha value is -1.72. The highest BCUT2D eigenvalue weighted by molar-refractivity contribution is 14.1. The van der Waals surface area contributed by atoms with Crippen LogP contribution in [0.2, 0.25) is 0 Å². The van der Waals surface area contributed by atoms with Crippen molar-refractivity contribution in [2.45, 2.75) is 38.0 Å². The van der Waals surface area contributed by atoms with E-state index in [1.54, 1.807) is 0 Å². The number of ether oxygens (including phenoxy) is 5. The fraction of sp³-hybridized carbons (Fsp3) is 0.567. The van der Waals surface area contributed by atoms with E-state index in [1.807, 2.05) is 24.3 Å². The van der Waals surface area contributed by atoms with Gasteiger partial charge < -0.3 is 29.0 Å². The highest BCUT2D eigenvalue weighted by atomic mass is 127. The Kier molecular flexibility index (Phi) is 15.7. The highest BCUT2D eigenvalue weighted by Crippen LogP contribution is 2.44. The Balaban J connectivity index is 1.10. The van der Waals surface area contributed by atoms with Gasteiger partial charge in [-0.2, -0.15) is 0 Å². The molecule has 0 saturated carbocycles. The first kappa shape index (κ1) is 30.8. The van der Waals surface area contributed by atoms with Gasteiger partial charge in [-0.05, 0) is 45.9 Å². The van der Waals surface area contributed by atoms with Crippen molar-refractivity contribution in [1.82, 2.24) is 5.32 Å². The van der Waals surface area contributed by atoms with E-state index < -0.39 is 6.09 Å². The third kappa shape index (κ3) is 11.2. The van der Waals surface area contributed by atoms with Crippen molar-refractivity contribution in [3.8, 4) is 11.1 Å². The molecule has 0 heterocycles.